The second-order valence-corrected chi connectivity index (χ2v) is 4.52. The number of aromatic nitrogens is 2. The summed E-state index contributed by atoms with van der Waals surface area (Å²) < 4.78 is 0. The summed E-state index contributed by atoms with van der Waals surface area (Å²) in [4.78, 5) is 19.0. The molecule has 1 unspecified atom stereocenters. The van der Waals surface area contributed by atoms with Gasteiger partial charge in [0.2, 0.25) is 0 Å². The fourth-order valence-corrected chi connectivity index (χ4v) is 1.92. The molecule has 1 aromatic carbocycles. The van der Waals surface area contributed by atoms with Gasteiger partial charge >= 0.3 is 5.97 Å². The molecule has 0 fully saturated rings. The van der Waals surface area contributed by atoms with Crippen molar-refractivity contribution in [3.8, 4) is 11.3 Å². The lowest BCUT2D eigenvalue weighted by atomic mass is 9.96. The Bertz CT molecular complexity index is 579. The minimum Gasteiger partial charge on any atom is -0.478 e. The van der Waals surface area contributed by atoms with Gasteiger partial charge in [0.15, 0.2) is 0 Å². The fraction of sp³-hybridized carbons (Fsp3) is 0.267. The van der Waals surface area contributed by atoms with Crippen LogP contribution in [-0.2, 0) is 0 Å². The standard InChI is InChI=1S/C15H16N2O2/c1-3-10(2)11-4-6-12(7-5-11)14-13(15(18)19)8-16-9-17-14/h4-10H,3H2,1-2H3,(H,18,19). The van der Waals surface area contributed by atoms with Gasteiger partial charge in [0.1, 0.15) is 11.9 Å². The summed E-state index contributed by atoms with van der Waals surface area (Å²) in [6.07, 6.45) is 3.77. The van der Waals surface area contributed by atoms with Crippen molar-refractivity contribution in [1.82, 2.24) is 9.97 Å². The third kappa shape index (κ3) is 2.78. The number of carbonyl (C=O) groups is 1. The monoisotopic (exact) mass is 256 g/mol. The number of carboxylic acid groups (broad SMARTS) is 1. The predicted molar refractivity (Wildman–Crippen MR) is 73.1 cm³/mol. The van der Waals surface area contributed by atoms with Gasteiger partial charge in [-0.1, -0.05) is 38.1 Å². The van der Waals surface area contributed by atoms with Crippen LogP contribution in [0, 0.1) is 0 Å². The molecular weight excluding hydrogens is 240 g/mol. The van der Waals surface area contributed by atoms with E-state index in [2.05, 4.69) is 23.8 Å². The first-order valence-corrected chi connectivity index (χ1v) is 6.27. The van der Waals surface area contributed by atoms with Crippen molar-refractivity contribution in [2.75, 3.05) is 0 Å². The highest BCUT2D eigenvalue weighted by molar-refractivity contribution is 5.94. The number of hydrogen-bond acceptors (Lipinski definition) is 3. The van der Waals surface area contributed by atoms with Crippen molar-refractivity contribution in [3.63, 3.8) is 0 Å². The first-order chi connectivity index (χ1) is 9.13. The lowest BCUT2D eigenvalue weighted by molar-refractivity contribution is 0.0697. The van der Waals surface area contributed by atoms with E-state index < -0.39 is 5.97 Å². The summed E-state index contributed by atoms with van der Waals surface area (Å²) in [7, 11) is 0. The van der Waals surface area contributed by atoms with Crippen molar-refractivity contribution in [3.05, 3.63) is 47.9 Å². The van der Waals surface area contributed by atoms with Gasteiger partial charge in [0.25, 0.3) is 0 Å². The highest BCUT2D eigenvalue weighted by Gasteiger charge is 2.13. The van der Waals surface area contributed by atoms with E-state index in [1.807, 2.05) is 24.3 Å². The molecule has 2 aromatic rings. The summed E-state index contributed by atoms with van der Waals surface area (Å²) in [5, 5.41) is 9.13. The van der Waals surface area contributed by atoms with Crippen molar-refractivity contribution in [2.24, 2.45) is 0 Å². The first-order valence-electron chi connectivity index (χ1n) is 6.27. The number of aromatic carboxylic acids is 1. The molecule has 0 spiro atoms. The Morgan fingerprint density at radius 2 is 2.00 bits per heavy atom. The Labute approximate surface area is 112 Å². The Hall–Kier alpha value is -2.23. The molecule has 98 valence electrons. The van der Waals surface area contributed by atoms with E-state index in [0.29, 0.717) is 11.6 Å². The lowest BCUT2D eigenvalue weighted by Crippen LogP contribution is -2.02. The van der Waals surface area contributed by atoms with Gasteiger partial charge in [-0.05, 0) is 17.9 Å². The summed E-state index contributed by atoms with van der Waals surface area (Å²) in [6, 6.07) is 7.88. The largest absolute Gasteiger partial charge is 0.478 e. The third-order valence-electron chi connectivity index (χ3n) is 3.31. The topological polar surface area (TPSA) is 63.1 Å². The highest BCUT2D eigenvalue weighted by atomic mass is 16.4. The summed E-state index contributed by atoms with van der Waals surface area (Å²) in [5.41, 5.74) is 2.63. The molecule has 4 heteroatoms. The van der Waals surface area contributed by atoms with Crippen LogP contribution < -0.4 is 0 Å². The van der Waals surface area contributed by atoms with Gasteiger partial charge in [-0.3, -0.25) is 0 Å². The average Bonchev–Trinajstić information content (AvgIpc) is 2.46. The molecule has 0 bridgehead atoms. The van der Waals surface area contributed by atoms with Crippen LogP contribution in [0.25, 0.3) is 11.3 Å². The number of nitrogens with zero attached hydrogens (tertiary/aromatic N) is 2. The normalized spacial score (nSPS) is 12.1. The predicted octanol–water partition coefficient (Wildman–Crippen LogP) is 3.36. The first kappa shape index (κ1) is 13.2. The van der Waals surface area contributed by atoms with Crippen LogP contribution in [0.3, 0.4) is 0 Å². The number of hydrogen-bond donors (Lipinski definition) is 1. The maximum atomic E-state index is 11.1. The SMILES string of the molecule is CCC(C)c1ccc(-c2ncncc2C(=O)O)cc1. The molecule has 19 heavy (non-hydrogen) atoms. The number of carboxylic acids is 1. The van der Waals surface area contributed by atoms with Crippen molar-refractivity contribution in [1.29, 1.82) is 0 Å². The Kier molecular flexibility index (Phi) is 3.90. The van der Waals surface area contributed by atoms with E-state index in [9.17, 15) is 4.79 Å². The highest BCUT2D eigenvalue weighted by Crippen LogP contribution is 2.24. The lowest BCUT2D eigenvalue weighted by Gasteiger charge is -2.10. The van der Waals surface area contributed by atoms with Crippen LogP contribution in [0.2, 0.25) is 0 Å². The number of rotatable bonds is 4. The molecule has 1 heterocycles. The van der Waals surface area contributed by atoms with E-state index in [1.54, 1.807) is 0 Å². The van der Waals surface area contributed by atoms with E-state index in [0.717, 1.165) is 12.0 Å². The smallest absolute Gasteiger partial charge is 0.339 e. The van der Waals surface area contributed by atoms with Gasteiger partial charge in [0, 0.05) is 11.8 Å². The van der Waals surface area contributed by atoms with Crippen LogP contribution in [-0.4, -0.2) is 21.0 Å². The van der Waals surface area contributed by atoms with E-state index in [-0.39, 0.29) is 5.56 Å². The van der Waals surface area contributed by atoms with E-state index in [4.69, 9.17) is 5.11 Å². The van der Waals surface area contributed by atoms with Crippen molar-refractivity contribution in [2.45, 2.75) is 26.2 Å². The van der Waals surface area contributed by atoms with Crippen LogP contribution in [0.5, 0.6) is 0 Å². The zero-order chi connectivity index (χ0) is 13.8. The molecule has 1 N–H and O–H groups in total. The zero-order valence-corrected chi connectivity index (χ0v) is 11.0. The molecule has 0 aliphatic rings. The second-order valence-electron chi connectivity index (χ2n) is 4.52. The second kappa shape index (κ2) is 5.61. The molecule has 0 aliphatic heterocycles. The molecule has 0 saturated heterocycles. The van der Waals surface area contributed by atoms with Crippen molar-refractivity contribution >= 4 is 5.97 Å². The third-order valence-corrected chi connectivity index (χ3v) is 3.31. The quantitative estimate of drug-likeness (QED) is 0.911. The van der Waals surface area contributed by atoms with Crippen molar-refractivity contribution < 1.29 is 9.90 Å². The molecule has 0 amide bonds. The maximum absolute atomic E-state index is 11.1. The van der Waals surface area contributed by atoms with E-state index >= 15 is 0 Å². The maximum Gasteiger partial charge on any atom is 0.339 e. The number of benzene rings is 1. The molecule has 0 radical (unpaired) electrons. The van der Waals surface area contributed by atoms with Gasteiger partial charge in [-0.25, -0.2) is 14.8 Å². The van der Waals surface area contributed by atoms with E-state index in [1.165, 1.54) is 18.1 Å². The molecule has 4 nitrogen and oxygen atoms in total. The van der Waals surface area contributed by atoms with Gasteiger partial charge in [0.05, 0.1) is 5.69 Å². The fourth-order valence-electron chi connectivity index (χ4n) is 1.92. The molecule has 2 rings (SSSR count). The summed E-state index contributed by atoms with van der Waals surface area (Å²) in [5.74, 6) is -0.514. The molecular formula is C15H16N2O2. The van der Waals surface area contributed by atoms with Crippen LogP contribution >= 0.6 is 0 Å². The van der Waals surface area contributed by atoms with Gasteiger partial charge in [-0.2, -0.15) is 0 Å². The minimum absolute atomic E-state index is 0.124. The van der Waals surface area contributed by atoms with Crippen LogP contribution in [0.1, 0.15) is 42.1 Å². The average molecular weight is 256 g/mol. The van der Waals surface area contributed by atoms with Gasteiger partial charge in [-0.15, -0.1) is 0 Å². The Morgan fingerprint density at radius 3 is 2.58 bits per heavy atom. The summed E-state index contributed by atoms with van der Waals surface area (Å²) in [6.45, 7) is 4.31. The molecule has 1 aromatic heterocycles. The molecule has 0 aliphatic carbocycles. The Morgan fingerprint density at radius 1 is 1.32 bits per heavy atom. The Balaban J connectivity index is 2.40. The van der Waals surface area contributed by atoms with Gasteiger partial charge < -0.3 is 5.11 Å². The minimum atomic E-state index is -1.01. The summed E-state index contributed by atoms with van der Waals surface area (Å²) >= 11 is 0. The zero-order valence-electron chi connectivity index (χ0n) is 11.0. The molecule has 1 atom stereocenters. The van der Waals surface area contributed by atoms with Crippen LogP contribution in [0.4, 0.5) is 0 Å². The molecule has 0 saturated carbocycles. The van der Waals surface area contributed by atoms with Crippen LogP contribution in [0.15, 0.2) is 36.8 Å².